The van der Waals surface area contributed by atoms with Gasteiger partial charge in [0.2, 0.25) is 0 Å². The van der Waals surface area contributed by atoms with E-state index in [1.807, 2.05) is 145 Å². The van der Waals surface area contributed by atoms with E-state index >= 15 is 0 Å². The summed E-state index contributed by atoms with van der Waals surface area (Å²) < 4.78 is 0. The second kappa shape index (κ2) is 30.5. The Labute approximate surface area is 748 Å². The summed E-state index contributed by atoms with van der Waals surface area (Å²) in [5, 5.41) is 6.87. The summed E-state index contributed by atoms with van der Waals surface area (Å²) in [6.07, 6.45) is 0. The van der Waals surface area contributed by atoms with Crippen LogP contribution >= 0.6 is 23.5 Å². The zero-order chi connectivity index (χ0) is 84.4. The Bertz CT molecular complexity index is 8040. The van der Waals surface area contributed by atoms with Crippen molar-refractivity contribution >= 4 is 66.9 Å². The molecule has 0 amide bonds. The van der Waals surface area contributed by atoms with Crippen molar-refractivity contribution in [3.8, 4) is 135 Å². The fourth-order valence-electron chi connectivity index (χ4n) is 20.2. The first-order valence-electron chi connectivity index (χ1n) is 43.3. The fourth-order valence-corrected chi connectivity index (χ4v) is 22.6. The third kappa shape index (κ3) is 12.2. The molecule has 18 aromatic carbocycles. The van der Waals surface area contributed by atoms with Crippen molar-refractivity contribution in [2.75, 3.05) is 0 Å². The van der Waals surface area contributed by atoms with Crippen LogP contribution in [0.4, 0.5) is 0 Å². The van der Waals surface area contributed by atoms with E-state index in [4.69, 9.17) is 39.9 Å². The first kappa shape index (κ1) is 74.6. The molecule has 0 bridgehead atoms. The molecule has 6 heterocycles. The highest BCUT2D eigenvalue weighted by Gasteiger charge is 2.52. The highest BCUT2D eigenvalue weighted by molar-refractivity contribution is 7.99. The van der Waals surface area contributed by atoms with Gasteiger partial charge in [0, 0.05) is 85.6 Å². The number of benzene rings is 18. The van der Waals surface area contributed by atoms with E-state index in [9.17, 15) is 0 Å². The van der Waals surface area contributed by atoms with Gasteiger partial charge in [-0.15, -0.1) is 0 Å². The molecule has 26 rings (SSSR count). The topological polar surface area (TPSA) is 103 Å². The van der Waals surface area contributed by atoms with Crippen LogP contribution in [-0.4, -0.2) is 39.9 Å². The van der Waals surface area contributed by atoms with Gasteiger partial charge in [-0.05, 0) is 179 Å². The molecule has 128 heavy (non-hydrogen) atoms. The van der Waals surface area contributed by atoms with Crippen LogP contribution in [0.2, 0.25) is 0 Å². The molecule has 0 N–H and O–H groups in total. The first-order chi connectivity index (χ1) is 63.4. The largest absolute Gasteiger partial charge is 0.247 e. The quantitative estimate of drug-likeness (QED) is 0.123. The SMILES string of the molecule is c1ccc(-c2nc(-c3ccccc3)nc(-c3ccc(-c4ccc5nc(-c6ccccc6)c6cc7c(cc6c5c4)C4(c5ccccc5Sc5ccccc54)c4ccccc4-7)cc3)n2)cc1.c1ccc(-c2nc(-c3ccccc3)nc(-c3cccc(-c4ccc5nc(-c6ccccc6)c6cc7c(cc6c5c4)C4(c5ccccc5Sc5ccccc54)c4ccccc4-7)c3)n2)cc1. The maximum absolute atomic E-state index is 5.48. The summed E-state index contributed by atoms with van der Waals surface area (Å²) >= 11 is 3.75. The second-order valence-corrected chi connectivity index (χ2v) is 35.2. The molecule has 0 saturated heterocycles. The van der Waals surface area contributed by atoms with Gasteiger partial charge in [-0.1, -0.05) is 381 Å². The fraction of sp³-hybridized carbons (Fsp3) is 0.0169. The molecule has 0 radical (unpaired) electrons. The summed E-state index contributed by atoms with van der Waals surface area (Å²) in [6, 6.07) is 156. The lowest BCUT2D eigenvalue weighted by molar-refractivity contribution is 0.723. The highest BCUT2D eigenvalue weighted by Crippen LogP contribution is 2.65. The third-order valence-corrected chi connectivity index (χ3v) is 28.2. The molecule has 0 atom stereocenters. The van der Waals surface area contributed by atoms with Crippen molar-refractivity contribution in [2.24, 2.45) is 0 Å². The minimum atomic E-state index is -0.491. The van der Waals surface area contributed by atoms with Crippen molar-refractivity contribution in [2.45, 2.75) is 30.4 Å². The summed E-state index contributed by atoms with van der Waals surface area (Å²) in [6.45, 7) is 0. The van der Waals surface area contributed by atoms with Gasteiger partial charge >= 0.3 is 0 Å². The molecule has 2 aliphatic heterocycles. The van der Waals surface area contributed by atoms with Crippen LogP contribution in [0.5, 0.6) is 0 Å². The average molecular weight is 1670 g/mol. The maximum Gasteiger partial charge on any atom is 0.164 e. The van der Waals surface area contributed by atoms with Gasteiger partial charge in [0.25, 0.3) is 0 Å². The molecule has 8 nitrogen and oxygen atoms in total. The Morgan fingerprint density at radius 2 is 0.414 bits per heavy atom. The van der Waals surface area contributed by atoms with Crippen LogP contribution in [0.15, 0.2) is 456 Å². The molecule has 4 aromatic heterocycles. The standard InChI is InChI=1S/2C59H36N4S/c1-4-17-37(18-5-1)55-47-35-45-43-25-10-11-26-48(43)59(49-27-12-14-29-53(49)64-54-30-15-13-28-50(54)59)51(45)36-44(47)46-34-41(31-32-52(46)60-55)40-23-16-24-42(33-40)58-62-56(38-19-6-2-7-20-38)61-57(63-58)39-21-8-3-9-22-39;1-4-16-38(17-5-1)55-47-35-45-43-22-10-11-23-48(43)59(49-24-12-14-26-53(49)64-54-27-15-13-25-50(54)59)51(45)36-44(47)46-34-42(32-33-52(46)60-55)37-28-30-41(31-29-37)58-62-56(39-18-6-2-7-19-39)61-57(63-58)40-20-8-3-9-21-40/h2*1-36H. The smallest absolute Gasteiger partial charge is 0.164 e. The molecule has 22 aromatic rings. The van der Waals surface area contributed by atoms with E-state index < -0.39 is 10.8 Å². The number of pyridine rings is 2. The minimum absolute atomic E-state index is 0.482. The molecule has 4 aliphatic rings. The zero-order valence-electron chi connectivity index (χ0n) is 69.0. The van der Waals surface area contributed by atoms with Crippen LogP contribution in [0.1, 0.15) is 44.5 Å². The molecule has 10 heteroatoms. The van der Waals surface area contributed by atoms with Crippen LogP contribution in [0.25, 0.3) is 179 Å². The Balaban J connectivity index is 0.000000139. The van der Waals surface area contributed by atoms with Gasteiger partial charge in [0.05, 0.1) is 33.3 Å². The predicted octanol–water partition coefficient (Wildman–Crippen LogP) is 29.5. The van der Waals surface area contributed by atoms with Crippen LogP contribution in [-0.2, 0) is 10.8 Å². The van der Waals surface area contributed by atoms with Crippen LogP contribution in [0, 0.1) is 0 Å². The van der Waals surface area contributed by atoms with Gasteiger partial charge in [0.1, 0.15) is 0 Å². The Morgan fingerprint density at radius 1 is 0.148 bits per heavy atom. The number of rotatable bonds is 10. The lowest BCUT2D eigenvalue weighted by Gasteiger charge is -2.39. The summed E-state index contributed by atoms with van der Waals surface area (Å²) in [5.74, 6) is 3.83. The Hall–Kier alpha value is -16.0. The number of hydrogen-bond acceptors (Lipinski definition) is 10. The summed E-state index contributed by atoms with van der Waals surface area (Å²) in [5.41, 5.74) is 30.7. The molecule has 2 spiro atoms. The van der Waals surface area contributed by atoms with E-state index in [0.717, 1.165) is 111 Å². The third-order valence-electron chi connectivity index (χ3n) is 25.9. The number of nitrogens with zero attached hydrogens (tertiary/aromatic N) is 8. The van der Waals surface area contributed by atoms with Crippen molar-refractivity contribution in [3.05, 3.63) is 481 Å². The van der Waals surface area contributed by atoms with Crippen molar-refractivity contribution in [1.29, 1.82) is 0 Å². The van der Waals surface area contributed by atoms with E-state index in [-0.39, 0.29) is 0 Å². The highest BCUT2D eigenvalue weighted by atomic mass is 32.2. The number of fused-ring (bicyclic) bond motifs is 24. The molecular formula is C118H72N8S2. The lowest BCUT2D eigenvalue weighted by Crippen LogP contribution is -2.31. The van der Waals surface area contributed by atoms with Crippen molar-refractivity contribution in [1.82, 2.24) is 39.9 Å². The van der Waals surface area contributed by atoms with E-state index in [2.05, 4.69) is 315 Å². The second-order valence-electron chi connectivity index (χ2n) is 33.0. The minimum Gasteiger partial charge on any atom is -0.247 e. The number of aromatic nitrogens is 8. The van der Waals surface area contributed by atoms with E-state index in [1.165, 1.54) is 97.1 Å². The monoisotopic (exact) mass is 1660 g/mol. The average Bonchev–Trinajstić information content (AvgIpc) is 1.51. The Kier molecular flexibility index (Phi) is 17.8. The molecule has 0 saturated carbocycles. The molecule has 0 fully saturated rings. The molecule has 2 aliphatic carbocycles. The van der Waals surface area contributed by atoms with E-state index in [0.29, 0.717) is 34.9 Å². The number of hydrogen-bond donors (Lipinski definition) is 0. The normalized spacial score (nSPS) is 13.1. The van der Waals surface area contributed by atoms with Crippen molar-refractivity contribution in [3.63, 3.8) is 0 Å². The van der Waals surface area contributed by atoms with Gasteiger partial charge in [-0.3, -0.25) is 0 Å². The lowest BCUT2D eigenvalue weighted by atomic mass is 9.67. The predicted molar refractivity (Wildman–Crippen MR) is 522 cm³/mol. The summed E-state index contributed by atoms with van der Waals surface area (Å²) in [7, 11) is 0. The zero-order valence-corrected chi connectivity index (χ0v) is 70.6. The Morgan fingerprint density at radius 3 is 0.781 bits per heavy atom. The molecule has 0 unspecified atom stereocenters. The van der Waals surface area contributed by atoms with Gasteiger partial charge < -0.3 is 0 Å². The maximum atomic E-state index is 5.48. The summed E-state index contributed by atoms with van der Waals surface area (Å²) in [4.78, 5) is 46.0. The van der Waals surface area contributed by atoms with Crippen LogP contribution < -0.4 is 0 Å². The van der Waals surface area contributed by atoms with Crippen molar-refractivity contribution < 1.29 is 0 Å². The van der Waals surface area contributed by atoms with Gasteiger partial charge in [-0.25, -0.2) is 39.9 Å². The molecular weight excluding hydrogens is 1590 g/mol. The van der Waals surface area contributed by atoms with Gasteiger partial charge in [-0.2, -0.15) is 0 Å². The first-order valence-corrected chi connectivity index (χ1v) is 44.9. The van der Waals surface area contributed by atoms with Gasteiger partial charge in [0.15, 0.2) is 34.9 Å². The molecule has 596 valence electrons. The van der Waals surface area contributed by atoms with Crippen LogP contribution in [0.3, 0.4) is 0 Å². The van der Waals surface area contributed by atoms with E-state index in [1.54, 1.807) is 0 Å².